The molecule has 0 amide bonds. The highest BCUT2D eigenvalue weighted by molar-refractivity contribution is 7.90. The van der Waals surface area contributed by atoms with Gasteiger partial charge in [0.1, 0.15) is 5.69 Å². The lowest BCUT2D eigenvalue weighted by atomic mass is 10.1. The van der Waals surface area contributed by atoms with E-state index in [2.05, 4.69) is 4.98 Å². The van der Waals surface area contributed by atoms with E-state index in [0.717, 1.165) is 10.9 Å². The molecule has 2 aromatic carbocycles. The topological polar surface area (TPSA) is 78.3 Å². The lowest BCUT2D eigenvalue weighted by Gasteiger charge is -2.09. The number of benzene rings is 2. The Labute approximate surface area is 156 Å². The molecule has 0 saturated carbocycles. The van der Waals surface area contributed by atoms with Crippen molar-refractivity contribution < 1.29 is 17.9 Å². The summed E-state index contributed by atoms with van der Waals surface area (Å²) in [7, 11) is -2.57. The number of hydrogen-bond donors (Lipinski definition) is 0. The molecule has 0 aliphatic carbocycles. The van der Waals surface area contributed by atoms with Gasteiger partial charge in [-0.3, -0.25) is 0 Å². The predicted molar refractivity (Wildman–Crippen MR) is 102 cm³/mol. The van der Waals surface area contributed by atoms with Gasteiger partial charge in [0.15, 0.2) is 0 Å². The zero-order valence-corrected chi connectivity index (χ0v) is 15.5. The summed E-state index contributed by atoms with van der Waals surface area (Å²) in [5.74, 6) is -0.574. The third-order valence-electron chi connectivity index (χ3n) is 4.47. The molecule has 0 bridgehead atoms. The van der Waals surface area contributed by atoms with Crippen molar-refractivity contribution in [2.45, 2.75) is 11.8 Å². The first kappa shape index (κ1) is 17.2. The van der Waals surface area contributed by atoms with Crippen molar-refractivity contribution in [2.75, 3.05) is 7.11 Å². The number of ether oxygens (including phenoxy) is 1. The summed E-state index contributed by atoms with van der Waals surface area (Å²) in [6.45, 7) is 1.90. The maximum atomic E-state index is 13.4. The number of hydrogen-bond acceptors (Lipinski definition) is 5. The molecule has 0 N–H and O–H groups in total. The van der Waals surface area contributed by atoms with Gasteiger partial charge in [-0.15, -0.1) is 0 Å². The lowest BCUT2D eigenvalue weighted by molar-refractivity contribution is 0.0594. The molecule has 4 aromatic rings. The molecule has 0 fully saturated rings. The molecule has 0 aliphatic rings. The third-order valence-corrected chi connectivity index (χ3v) is 6.21. The van der Waals surface area contributed by atoms with Crippen LogP contribution >= 0.6 is 0 Å². The Balaban J connectivity index is 2.07. The zero-order chi connectivity index (χ0) is 19.2. The van der Waals surface area contributed by atoms with E-state index in [1.54, 1.807) is 42.5 Å². The number of fused-ring (bicyclic) bond motifs is 3. The minimum atomic E-state index is -3.84. The third kappa shape index (κ3) is 2.67. The Hall–Kier alpha value is -3.19. The van der Waals surface area contributed by atoms with E-state index in [4.69, 9.17) is 4.74 Å². The number of aryl methyl sites for hydroxylation is 1. The predicted octanol–water partition coefficient (Wildman–Crippen LogP) is 3.52. The Kier molecular flexibility index (Phi) is 3.96. The van der Waals surface area contributed by atoms with Gasteiger partial charge in [0.2, 0.25) is 0 Å². The van der Waals surface area contributed by atoms with Crippen molar-refractivity contribution in [3.8, 4) is 0 Å². The largest absolute Gasteiger partial charge is 0.464 e. The maximum Gasteiger partial charge on any atom is 0.356 e. The van der Waals surface area contributed by atoms with Crippen LogP contribution in [0.4, 0.5) is 0 Å². The van der Waals surface area contributed by atoms with Gasteiger partial charge >= 0.3 is 5.97 Å². The standard InChI is InChI=1S/C20H16N2O4S/c1-13-7-9-14(10-8-13)27(24,25)22-18-6-4-3-5-15(18)16-11-17(20(23)26-2)21-12-19(16)22/h3-12H,1-2H3. The average Bonchev–Trinajstić information content (AvgIpc) is 3.02. The molecule has 136 valence electrons. The summed E-state index contributed by atoms with van der Waals surface area (Å²) in [5.41, 5.74) is 2.03. The van der Waals surface area contributed by atoms with Crippen molar-refractivity contribution in [1.29, 1.82) is 0 Å². The molecule has 2 heterocycles. The molecule has 7 heteroatoms. The molecular weight excluding hydrogens is 364 g/mol. The van der Waals surface area contributed by atoms with Crippen LogP contribution in [0.2, 0.25) is 0 Å². The number of rotatable bonds is 3. The molecule has 0 spiro atoms. The number of aromatic nitrogens is 2. The van der Waals surface area contributed by atoms with Gasteiger partial charge in [0, 0.05) is 10.8 Å². The van der Waals surface area contributed by atoms with E-state index < -0.39 is 16.0 Å². The molecule has 0 radical (unpaired) electrons. The van der Waals surface area contributed by atoms with Gasteiger partial charge in [-0.1, -0.05) is 35.9 Å². The van der Waals surface area contributed by atoms with Gasteiger partial charge in [-0.2, -0.15) is 0 Å². The second-order valence-electron chi connectivity index (χ2n) is 6.18. The number of para-hydroxylation sites is 1. The van der Waals surface area contributed by atoms with Crippen LogP contribution in [-0.2, 0) is 14.8 Å². The normalized spacial score (nSPS) is 11.8. The second-order valence-corrected chi connectivity index (χ2v) is 7.96. The highest BCUT2D eigenvalue weighted by atomic mass is 32.2. The smallest absolute Gasteiger partial charge is 0.356 e. The summed E-state index contributed by atoms with van der Waals surface area (Å²) in [4.78, 5) is 16.1. The summed E-state index contributed by atoms with van der Waals surface area (Å²) >= 11 is 0. The number of carbonyl (C=O) groups excluding carboxylic acids is 1. The molecule has 0 unspecified atom stereocenters. The fourth-order valence-electron chi connectivity index (χ4n) is 3.12. The Morgan fingerprint density at radius 2 is 1.70 bits per heavy atom. The average molecular weight is 380 g/mol. The first-order valence-electron chi connectivity index (χ1n) is 8.23. The Morgan fingerprint density at radius 3 is 2.41 bits per heavy atom. The number of carbonyl (C=O) groups is 1. The molecule has 27 heavy (non-hydrogen) atoms. The van der Waals surface area contributed by atoms with Crippen molar-refractivity contribution >= 4 is 37.8 Å². The van der Waals surface area contributed by atoms with E-state index in [1.165, 1.54) is 17.3 Å². The van der Waals surface area contributed by atoms with E-state index in [1.807, 2.05) is 19.1 Å². The van der Waals surface area contributed by atoms with E-state index in [0.29, 0.717) is 16.4 Å². The maximum absolute atomic E-state index is 13.4. The molecule has 0 saturated heterocycles. The molecular formula is C20H16N2O4S. The second kappa shape index (κ2) is 6.21. The van der Waals surface area contributed by atoms with Crippen LogP contribution in [0.5, 0.6) is 0 Å². The van der Waals surface area contributed by atoms with E-state index in [9.17, 15) is 13.2 Å². The number of nitrogens with zero attached hydrogens (tertiary/aromatic N) is 2. The van der Waals surface area contributed by atoms with E-state index in [-0.39, 0.29) is 10.6 Å². The minimum absolute atomic E-state index is 0.126. The number of methoxy groups -OCH3 is 1. The monoisotopic (exact) mass is 380 g/mol. The van der Waals surface area contributed by atoms with Crippen molar-refractivity contribution in [3.63, 3.8) is 0 Å². The Morgan fingerprint density at radius 1 is 1.00 bits per heavy atom. The van der Waals surface area contributed by atoms with Gasteiger partial charge in [-0.05, 0) is 31.2 Å². The Bertz CT molecular complexity index is 1290. The number of esters is 1. The molecule has 2 aromatic heterocycles. The van der Waals surface area contributed by atoms with Crippen molar-refractivity contribution in [2.24, 2.45) is 0 Å². The summed E-state index contributed by atoms with van der Waals surface area (Å²) in [5, 5.41) is 1.34. The van der Waals surface area contributed by atoms with Gasteiger partial charge < -0.3 is 4.74 Å². The quantitative estimate of drug-likeness (QED) is 0.508. The fraction of sp³-hybridized carbons (Fsp3) is 0.100. The SMILES string of the molecule is COC(=O)c1cc2c3ccccc3n(S(=O)(=O)c3ccc(C)cc3)c2cn1. The van der Waals surface area contributed by atoms with E-state index >= 15 is 0 Å². The van der Waals surface area contributed by atoms with Crippen LogP contribution in [0, 0.1) is 6.92 Å². The highest BCUT2D eigenvalue weighted by Crippen LogP contribution is 2.32. The first-order chi connectivity index (χ1) is 12.9. The first-order valence-corrected chi connectivity index (χ1v) is 9.67. The van der Waals surface area contributed by atoms with Crippen LogP contribution in [0.1, 0.15) is 16.1 Å². The van der Waals surface area contributed by atoms with Gasteiger partial charge in [0.25, 0.3) is 10.0 Å². The van der Waals surface area contributed by atoms with Crippen molar-refractivity contribution in [3.05, 3.63) is 72.1 Å². The van der Waals surface area contributed by atoms with Crippen LogP contribution in [0.25, 0.3) is 21.8 Å². The summed E-state index contributed by atoms with van der Waals surface area (Å²) < 4.78 is 32.7. The molecule has 0 aliphatic heterocycles. The van der Waals surface area contributed by atoms with Gasteiger partial charge in [0.05, 0.1) is 29.2 Å². The molecule has 4 rings (SSSR count). The summed E-state index contributed by atoms with van der Waals surface area (Å²) in [6.07, 6.45) is 1.40. The van der Waals surface area contributed by atoms with Crippen LogP contribution in [0.3, 0.4) is 0 Å². The fourth-order valence-corrected chi connectivity index (χ4v) is 4.64. The van der Waals surface area contributed by atoms with Crippen LogP contribution in [-0.4, -0.2) is 30.5 Å². The molecule has 0 atom stereocenters. The minimum Gasteiger partial charge on any atom is -0.464 e. The van der Waals surface area contributed by atoms with Crippen LogP contribution < -0.4 is 0 Å². The number of pyridine rings is 1. The highest BCUT2D eigenvalue weighted by Gasteiger charge is 2.24. The summed E-state index contributed by atoms with van der Waals surface area (Å²) in [6, 6.07) is 15.4. The lowest BCUT2D eigenvalue weighted by Crippen LogP contribution is -2.13. The van der Waals surface area contributed by atoms with Crippen molar-refractivity contribution in [1.82, 2.24) is 8.96 Å². The zero-order valence-electron chi connectivity index (χ0n) is 14.7. The van der Waals surface area contributed by atoms with Gasteiger partial charge in [-0.25, -0.2) is 22.2 Å². The van der Waals surface area contributed by atoms with Crippen LogP contribution in [0.15, 0.2) is 65.7 Å². The molecule has 6 nitrogen and oxygen atoms in total.